The second kappa shape index (κ2) is 7.97. The smallest absolute Gasteiger partial charge is 0.272 e. The standard InChI is InChI=1S/C21H19N5O3/c1-25-12-10-16(27)20(29-14-15-7-3-2-4-8-15)19(25)21(28)22-13-18-24-23-17-9-5-6-11-26(17)18/h2-12H,13-14H2,1H3,(H,22,28). The molecular formula is C21H19N5O3. The largest absolute Gasteiger partial charge is 0.483 e. The summed E-state index contributed by atoms with van der Waals surface area (Å²) in [7, 11) is 1.69. The van der Waals surface area contributed by atoms with Crippen molar-refractivity contribution < 1.29 is 9.53 Å². The lowest BCUT2D eigenvalue weighted by atomic mass is 10.2. The summed E-state index contributed by atoms with van der Waals surface area (Å²) in [6.07, 6.45) is 3.36. The van der Waals surface area contributed by atoms with Crippen molar-refractivity contribution in [3.8, 4) is 5.75 Å². The summed E-state index contributed by atoms with van der Waals surface area (Å²) in [4.78, 5) is 25.3. The predicted molar refractivity (Wildman–Crippen MR) is 107 cm³/mol. The Hall–Kier alpha value is -3.94. The second-order valence-corrected chi connectivity index (χ2v) is 6.47. The summed E-state index contributed by atoms with van der Waals surface area (Å²) < 4.78 is 9.09. The molecule has 4 rings (SSSR count). The van der Waals surface area contributed by atoms with Crippen molar-refractivity contribution >= 4 is 11.6 Å². The van der Waals surface area contributed by atoms with Crippen LogP contribution in [-0.4, -0.2) is 25.1 Å². The molecule has 0 unspecified atom stereocenters. The molecule has 0 saturated heterocycles. The minimum Gasteiger partial charge on any atom is -0.483 e. The molecule has 0 saturated carbocycles. The average Bonchev–Trinajstić information content (AvgIpc) is 3.16. The van der Waals surface area contributed by atoms with Gasteiger partial charge in [-0.25, -0.2) is 0 Å². The molecule has 0 atom stereocenters. The van der Waals surface area contributed by atoms with Gasteiger partial charge in [-0.15, -0.1) is 10.2 Å². The van der Waals surface area contributed by atoms with Crippen molar-refractivity contribution in [3.05, 3.63) is 94.3 Å². The minimum absolute atomic E-state index is 0.0162. The molecule has 0 fully saturated rings. The van der Waals surface area contributed by atoms with Crippen molar-refractivity contribution in [1.29, 1.82) is 0 Å². The quantitative estimate of drug-likeness (QED) is 0.544. The molecule has 0 spiro atoms. The van der Waals surface area contributed by atoms with E-state index in [0.29, 0.717) is 11.5 Å². The highest BCUT2D eigenvalue weighted by Crippen LogP contribution is 2.15. The van der Waals surface area contributed by atoms with Crippen molar-refractivity contribution in [2.24, 2.45) is 7.05 Å². The summed E-state index contributed by atoms with van der Waals surface area (Å²) in [6.45, 7) is 0.348. The highest BCUT2D eigenvalue weighted by atomic mass is 16.5. The molecule has 3 heterocycles. The second-order valence-electron chi connectivity index (χ2n) is 6.47. The Labute approximate surface area is 166 Å². The van der Waals surface area contributed by atoms with Gasteiger partial charge in [-0.3, -0.25) is 14.0 Å². The van der Waals surface area contributed by atoms with E-state index in [-0.39, 0.29) is 30.0 Å². The number of hydrogen-bond donors (Lipinski definition) is 1. The molecule has 8 heteroatoms. The zero-order valence-corrected chi connectivity index (χ0v) is 15.8. The molecule has 1 aromatic carbocycles. The van der Waals surface area contributed by atoms with Crippen LogP contribution in [-0.2, 0) is 20.2 Å². The number of aryl methyl sites for hydroxylation is 1. The van der Waals surface area contributed by atoms with Crippen molar-refractivity contribution in [1.82, 2.24) is 24.5 Å². The summed E-state index contributed by atoms with van der Waals surface area (Å²) in [6, 6.07) is 16.4. The van der Waals surface area contributed by atoms with E-state index in [4.69, 9.17) is 4.74 Å². The molecule has 0 bridgehead atoms. The first-order chi connectivity index (χ1) is 14.1. The molecule has 0 aliphatic carbocycles. The fourth-order valence-corrected chi connectivity index (χ4v) is 2.99. The third-order valence-corrected chi connectivity index (χ3v) is 4.47. The normalized spacial score (nSPS) is 10.8. The summed E-state index contributed by atoms with van der Waals surface area (Å²) >= 11 is 0. The molecule has 29 heavy (non-hydrogen) atoms. The van der Waals surface area contributed by atoms with Gasteiger partial charge in [0.15, 0.2) is 22.9 Å². The average molecular weight is 389 g/mol. The van der Waals surface area contributed by atoms with Crippen LogP contribution in [0.4, 0.5) is 0 Å². The first-order valence-corrected chi connectivity index (χ1v) is 9.06. The monoisotopic (exact) mass is 389 g/mol. The number of fused-ring (bicyclic) bond motifs is 1. The minimum atomic E-state index is -0.430. The fraction of sp³-hybridized carbons (Fsp3) is 0.143. The van der Waals surface area contributed by atoms with Gasteiger partial charge in [0, 0.05) is 25.5 Å². The van der Waals surface area contributed by atoms with E-state index < -0.39 is 5.91 Å². The Morgan fingerprint density at radius 1 is 1.03 bits per heavy atom. The van der Waals surface area contributed by atoms with Crippen LogP contribution in [0.2, 0.25) is 0 Å². The lowest BCUT2D eigenvalue weighted by molar-refractivity contribution is 0.0935. The SMILES string of the molecule is Cn1ccc(=O)c(OCc2ccccc2)c1C(=O)NCc1nnc2ccccn12. The Morgan fingerprint density at radius 2 is 1.83 bits per heavy atom. The van der Waals surface area contributed by atoms with Crippen LogP contribution in [0.15, 0.2) is 71.8 Å². The van der Waals surface area contributed by atoms with Gasteiger partial charge in [0.2, 0.25) is 5.43 Å². The van der Waals surface area contributed by atoms with Crippen LogP contribution in [0.5, 0.6) is 5.75 Å². The zero-order valence-electron chi connectivity index (χ0n) is 15.8. The third kappa shape index (κ3) is 3.86. The van der Waals surface area contributed by atoms with Gasteiger partial charge in [-0.05, 0) is 17.7 Å². The van der Waals surface area contributed by atoms with Gasteiger partial charge in [0.05, 0.1) is 6.54 Å². The van der Waals surface area contributed by atoms with Crippen LogP contribution >= 0.6 is 0 Å². The number of ether oxygens (including phenoxy) is 1. The molecule has 3 aromatic heterocycles. The third-order valence-electron chi connectivity index (χ3n) is 4.47. The van der Waals surface area contributed by atoms with E-state index in [2.05, 4.69) is 15.5 Å². The molecule has 146 valence electrons. The number of nitrogens with zero attached hydrogens (tertiary/aromatic N) is 4. The number of hydrogen-bond acceptors (Lipinski definition) is 5. The van der Waals surface area contributed by atoms with Crippen LogP contribution in [0, 0.1) is 0 Å². The van der Waals surface area contributed by atoms with Crippen molar-refractivity contribution in [2.45, 2.75) is 13.2 Å². The van der Waals surface area contributed by atoms with E-state index in [1.807, 2.05) is 54.7 Å². The van der Waals surface area contributed by atoms with E-state index in [0.717, 1.165) is 5.56 Å². The Balaban J connectivity index is 1.55. The topological polar surface area (TPSA) is 90.5 Å². The highest BCUT2D eigenvalue weighted by molar-refractivity contribution is 5.95. The number of rotatable bonds is 6. The van der Waals surface area contributed by atoms with Crippen molar-refractivity contribution in [3.63, 3.8) is 0 Å². The zero-order chi connectivity index (χ0) is 20.2. The van der Waals surface area contributed by atoms with Crippen molar-refractivity contribution in [2.75, 3.05) is 0 Å². The number of pyridine rings is 2. The highest BCUT2D eigenvalue weighted by Gasteiger charge is 2.19. The van der Waals surface area contributed by atoms with E-state index in [1.54, 1.807) is 22.2 Å². The maximum atomic E-state index is 12.9. The Morgan fingerprint density at radius 3 is 2.66 bits per heavy atom. The molecule has 0 aliphatic rings. The molecular weight excluding hydrogens is 370 g/mol. The number of benzene rings is 1. The van der Waals surface area contributed by atoms with Gasteiger partial charge < -0.3 is 14.6 Å². The summed E-state index contributed by atoms with van der Waals surface area (Å²) in [5.41, 5.74) is 1.40. The number of carbonyl (C=O) groups excluding carboxylic acids is 1. The molecule has 1 amide bonds. The number of carbonyl (C=O) groups is 1. The van der Waals surface area contributed by atoms with E-state index in [9.17, 15) is 9.59 Å². The Kier molecular flexibility index (Phi) is 5.07. The van der Waals surface area contributed by atoms with Gasteiger partial charge in [-0.2, -0.15) is 0 Å². The Bertz CT molecular complexity index is 1210. The summed E-state index contributed by atoms with van der Waals surface area (Å²) in [5, 5.41) is 11.0. The first-order valence-electron chi connectivity index (χ1n) is 9.06. The van der Waals surface area contributed by atoms with E-state index >= 15 is 0 Å². The number of nitrogens with one attached hydrogen (secondary N) is 1. The molecule has 1 N–H and O–H groups in total. The number of amides is 1. The van der Waals surface area contributed by atoms with Crippen LogP contribution in [0.1, 0.15) is 21.9 Å². The molecule has 4 aromatic rings. The fourth-order valence-electron chi connectivity index (χ4n) is 2.99. The van der Waals surface area contributed by atoms with E-state index in [1.165, 1.54) is 6.07 Å². The maximum absolute atomic E-state index is 12.9. The molecule has 0 aliphatic heterocycles. The summed E-state index contributed by atoms with van der Waals surface area (Å²) in [5.74, 6) is 0.171. The maximum Gasteiger partial charge on any atom is 0.272 e. The lowest BCUT2D eigenvalue weighted by Gasteiger charge is -2.14. The van der Waals surface area contributed by atoms with Gasteiger partial charge in [0.25, 0.3) is 5.91 Å². The van der Waals surface area contributed by atoms with Gasteiger partial charge >= 0.3 is 0 Å². The first kappa shape index (κ1) is 18.4. The van der Waals surface area contributed by atoms with Crippen LogP contribution in [0.25, 0.3) is 5.65 Å². The number of aromatic nitrogens is 4. The molecule has 8 nitrogen and oxygen atoms in total. The predicted octanol–water partition coefficient (Wildman–Crippen LogP) is 1.94. The van der Waals surface area contributed by atoms with Crippen LogP contribution in [0.3, 0.4) is 0 Å². The van der Waals surface area contributed by atoms with Gasteiger partial charge in [0.1, 0.15) is 6.61 Å². The van der Waals surface area contributed by atoms with Crippen LogP contribution < -0.4 is 15.5 Å². The van der Waals surface area contributed by atoms with Gasteiger partial charge in [-0.1, -0.05) is 36.4 Å². The molecule has 0 radical (unpaired) electrons. The lowest BCUT2D eigenvalue weighted by Crippen LogP contribution is -2.29.